The van der Waals surface area contributed by atoms with E-state index in [-0.39, 0.29) is 24.2 Å². The zero-order valence-corrected chi connectivity index (χ0v) is 14.1. The number of aryl methyl sites for hydroxylation is 1. The van der Waals surface area contributed by atoms with Crippen molar-refractivity contribution in [1.29, 1.82) is 0 Å². The van der Waals surface area contributed by atoms with Gasteiger partial charge in [0.05, 0.1) is 11.0 Å². The van der Waals surface area contributed by atoms with E-state index in [1.54, 1.807) is 28.6 Å². The molecule has 25 heavy (non-hydrogen) atoms. The van der Waals surface area contributed by atoms with Crippen molar-refractivity contribution in [2.75, 3.05) is 0 Å². The largest absolute Gasteiger partial charge is 0.334 e. The minimum absolute atomic E-state index is 0.0160. The van der Waals surface area contributed by atoms with Gasteiger partial charge in [0.2, 0.25) is 5.91 Å². The first kappa shape index (κ1) is 15.6. The molecule has 1 saturated carbocycles. The van der Waals surface area contributed by atoms with Gasteiger partial charge in [-0.3, -0.25) is 18.9 Å². The van der Waals surface area contributed by atoms with Gasteiger partial charge < -0.3 is 4.90 Å². The molecule has 4 rings (SSSR count). The number of hydrogen-bond acceptors (Lipinski definition) is 3. The molecule has 1 aromatic carbocycles. The van der Waals surface area contributed by atoms with Crippen molar-refractivity contribution in [3.05, 3.63) is 64.8 Å². The van der Waals surface area contributed by atoms with E-state index in [0.717, 1.165) is 29.4 Å². The summed E-state index contributed by atoms with van der Waals surface area (Å²) >= 11 is 0. The van der Waals surface area contributed by atoms with Crippen LogP contribution in [0.25, 0.3) is 11.0 Å². The average molecular weight is 336 g/mol. The topological polar surface area (TPSA) is 60.1 Å². The molecule has 2 aromatic heterocycles. The molecule has 1 amide bonds. The van der Waals surface area contributed by atoms with Crippen molar-refractivity contribution in [3.63, 3.8) is 0 Å². The van der Waals surface area contributed by atoms with Crippen LogP contribution in [0.1, 0.15) is 18.4 Å². The summed E-state index contributed by atoms with van der Waals surface area (Å²) in [5.74, 6) is -0.0160. The van der Waals surface area contributed by atoms with Crippen LogP contribution in [0.15, 0.2) is 53.6 Å². The van der Waals surface area contributed by atoms with Gasteiger partial charge in [-0.1, -0.05) is 12.1 Å². The Kier molecular flexibility index (Phi) is 3.87. The fraction of sp³-hybridized carbons (Fsp3) is 0.316. The van der Waals surface area contributed by atoms with Gasteiger partial charge in [-0.25, -0.2) is 4.79 Å². The van der Waals surface area contributed by atoms with E-state index in [9.17, 15) is 9.59 Å². The average Bonchev–Trinajstić information content (AvgIpc) is 3.45. The van der Waals surface area contributed by atoms with Crippen LogP contribution in [0.5, 0.6) is 0 Å². The predicted molar refractivity (Wildman–Crippen MR) is 95.0 cm³/mol. The third-order valence-electron chi connectivity index (χ3n) is 4.76. The molecule has 6 heteroatoms. The Morgan fingerprint density at radius 3 is 2.52 bits per heavy atom. The van der Waals surface area contributed by atoms with Gasteiger partial charge >= 0.3 is 5.69 Å². The second-order valence-electron chi connectivity index (χ2n) is 6.52. The van der Waals surface area contributed by atoms with Crippen LogP contribution < -0.4 is 5.69 Å². The van der Waals surface area contributed by atoms with Crippen molar-refractivity contribution >= 4 is 16.9 Å². The predicted octanol–water partition coefficient (Wildman–Crippen LogP) is 1.93. The van der Waals surface area contributed by atoms with E-state index >= 15 is 0 Å². The molecule has 0 unspecified atom stereocenters. The van der Waals surface area contributed by atoms with E-state index in [4.69, 9.17) is 0 Å². The summed E-state index contributed by atoms with van der Waals surface area (Å²) in [6, 6.07) is 11.7. The highest BCUT2D eigenvalue weighted by atomic mass is 16.2. The first-order valence-electron chi connectivity index (χ1n) is 8.48. The second-order valence-corrected chi connectivity index (χ2v) is 6.52. The van der Waals surface area contributed by atoms with E-state index in [2.05, 4.69) is 4.98 Å². The first-order chi connectivity index (χ1) is 12.1. The number of carbonyl (C=O) groups excluding carboxylic acids is 1. The Morgan fingerprint density at radius 1 is 1.16 bits per heavy atom. The summed E-state index contributed by atoms with van der Waals surface area (Å²) in [7, 11) is 1.74. The van der Waals surface area contributed by atoms with Crippen molar-refractivity contribution in [1.82, 2.24) is 19.0 Å². The molecule has 0 bridgehead atoms. The van der Waals surface area contributed by atoms with Gasteiger partial charge in [0.15, 0.2) is 0 Å². The van der Waals surface area contributed by atoms with Crippen LogP contribution in [0.3, 0.4) is 0 Å². The molecule has 6 nitrogen and oxygen atoms in total. The number of benzene rings is 1. The van der Waals surface area contributed by atoms with E-state index < -0.39 is 0 Å². The molecular weight excluding hydrogens is 316 g/mol. The molecule has 0 aliphatic heterocycles. The van der Waals surface area contributed by atoms with Gasteiger partial charge in [-0.05, 0) is 42.7 Å². The Labute approximate surface area is 145 Å². The molecule has 1 fully saturated rings. The van der Waals surface area contributed by atoms with Crippen LogP contribution in [0, 0.1) is 0 Å². The highest BCUT2D eigenvalue weighted by molar-refractivity contribution is 5.81. The van der Waals surface area contributed by atoms with E-state index in [1.807, 2.05) is 41.3 Å². The Morgan fingerprint density at radius 2 is 1.84 bits per heavy atom. The van der Waals surface area contributed by atoms with E-state index in [1.165, 1.54) is 0 Å². The molecule has 0 saturated heterocycles. The minimum atomic E-state index is -0.158. The summed E-state index contributed by atoms with van der Waals surface area (Å²) in [6.07, 6.45) is 5.53. The normalized spacial score (nSPS) is 14.0. The van der Waals surface area contributed by atoms with Gasteiger partial charge in [-0.2, -0.15) is 0 Å². The number of aromatic nitrogens is 3. The number of carbonyl (C=O) groups is 1. The SMILES string of the molecule is Cn1c(=O)n(CC(=O)N(Cc2ccncc2)C2CC2)c2ccccc21. The Balaban J connectivity index is 1.62. The number of imidazole rings is 1. The van der Waals surface area contributed by atoms with Crippen molar-refractivity contribution in [3.8, 4) is 0 Å². The zero-order valence-electron chi connectivity index (χ0n) is 14.1. The lowest BCUT2D eigenvalue weighted by Crippen LogP contribution is -2.37. The lowest BCUT2D eigenvalue weighted by atomic mass is 10.2. The number of hydrogen-bond donors (Lipinski definition) is 0. The quantitative estimate of drug-likeness (QED) is 0.715. The summed E-state index contributed by atoms with van der Waals surface area (Å²) in [5.41, 5.74) is 2.53. The summed E-state index contributed by atoms with van der Waals surface area (Å²) in [4.78, 5) is 31.4. The van der Waals surface area contributed by atoms with Crippen LogP contribution in [-0.2, 0) is 24.9 Å². The van der Waals surface area contributed by atoms with Gasteiger partial charge in [0.25, 0.3) is 0 Å². The third kappa shape index (κ3) is 2.95. The maximum Gasteiger partial charge on any atom is 0.329 e. The second kappa shape index (κ2) is 6.20. The maximum absolute atomic E-state index is 12.9. The number of amides is 1. The highest BCUT2D eigenvalue weighted by Crippen LogP contribution is 2.28. The maximum atomic E-state index is 12.9. The monoisotopic (exact) mass is 336 g/mol. The Hall–Kier alpha value is -2.89. The molecular formula is C19H20N4O2. The summed E-state index contributed by atoms with van der Waals surface area (Å²) in [5, 5.41) is 0. The fourth-order valence-electron chi connectivity index (χ4n) is 3.23. The molecule has 2 heterocycles. The van der Waals surface area contributed by atoms with Crippen molar-refractivity contribution < 1.29 is 4.79 Å². The standard InChI is InChI=1S/C19H20N4O2/c1-21-16-4-2-3-5-17(16)23(19(21)25)13-18(24)22(15-6-7-15)12-14-8-10-20-11-9-14/h2-5,8-11,15H,6-7,12-13H2,1H3. The number of rotatable bonds is 5. The molecule has 3 aromatic rings. The molecule has 0 N–H and O–H groups in total. The van der Waals surface area contributed by atoms with Crippen LogP contribution in [-0.4, -0.2) is 31.0 Å². The molecule has 0 radical (unpaired) electrons. The van der Waals surface area contributed by atoms with Gasteiger partial charge in [0, 0.05) is 32.0 Å². The Bertz CT molecular complexity index is 970. The van der Waals surface area contributed by atoms with Crippen molar-refractivity contribution in [2.24, 2.45) is 7.05 Å². The number of nitrogens with zero attached hydrogens (tertiary/aromatic N) is 4. The summed E-state index contributed by atoms with van der Waals surface area (Å²) < 4.78 is 3.16. The number of pyridine rings is 1. The lowest BCUT2D eigenvalue weighted by molar-refractivity contribution is -0.133. The fourth-order valence-corrected chi connectivity index (χ4v) is 3.23. The first-order valence-corrected chi connectivity index (χ1v) is 8.48. The molecule has 1 aliphatic carbocycles. The lowest BCUT2D eigenvalue weighted by Gasteiger charge is -2.22. The highest BCUT2D eigenvalue weighted by Gasteiger charge is 2.33. The van der Waals surface area contributed by atoms with Gasteiger partial charge in [0.1, 0.15) is 6.54 Å². The number of para-hydroxylation sites is 2. The molecule has 128 valence electrons. The van der Waals surface area contributed by atoms with E-state index in [0.29, 0.717) is 6.54 Å². The van der Waals surface area contributed by atoms with Crippen LogP contribution in [0.2, 0.25) is 0 Å². The smallest absolute Gasteiger partial charge is 0.329 e. The summed E-state index contributed by atoms with van der Waals surface area (Å²) in [6.45, 7) is 0.632. The third-order valence-corrected chi connectivity index (χ3v) is 4.76. The van der Waals surface area contributed by atoms with Crippen LogP contribution in [0.4, 0.5) is 0 Å². The molecule has 0 atom stereocenters. The van der Waals surface area contributed by atoms with Crippen molar-refractivity contribution in [2.45, 2.75) is 32.0 Å². The number of fused-ring (bicyclic) bond motifs is 1. The molecule has 0 spiro atoms. The van der Waals surface area contributed by atoms with Gasteiger partial charge in [-0.15, -0.1) is 0 Å². The van der Waals surface area contributed by atoms with Crippen LogP contribution >= 0.6 is 0 Å². The minimum Gasteiger partial charge on any atom is -0.334 e. The zero-order chi connectivity index (χ0) is 17.4. The molecule has 1 aliphatic rings.